The standard InChI is InChI=1S/C7H9NO4S2/c8-14(9,10)5-3-6(13-4-5)7-11-1-2-12-7/h3-4,7H,1-2H2,(H2,8,9,10). The zero-order chi connectivity index (χ0) is 10.2. The van der Waals surface area contributed by atoms with Gasteiger partial charge < -0.3 is 9.47 Å². The number of hydrogen-bond donors (Lipinski definition) is 1. The monoisotopic (exact) mass is 235 g/mol. The Balaban J connectivity index is 2.25. The van der Waals surface area contributed by atoms with Gasteiger partial charge in [-0.3, -0.25) is 0 Å². The molecule has 2 heterocycles. The molecule has 0 unspecified atom stereocenters. The van der Waals surface area contributed by atoms with Crippen molar-refractivity contribution in [3.05, 3.63) is 16.3 Å². The fourth-order valence-electron chi connectivity index (χ4n) is 1.13. The van der Waals surface area contributed by atoms with Gasteiger partial charge in [-0.25, -0.2) is 13.6 Å². The Morgan fingerprint density at radius 1 is 1.43 bits per heavy atom. The van der Waals surface area contributed by atoms with Gasteiger partial charge in [0.1, 0.15) is 0 Å². The second-order valence-corrected chi connectivity index (χ2v) is 5.31. The van der Waals surface area contributed by atoms with Crippen LogP contribution in [0.2, 0.25) is 0 Å². The van der Waals surface area contributed by atoms with Crippen LogP contribution in [0.25, 0.3) is 0 Å². The molecule has 0 aliphatic carbocycles. The van der Waals surface area contributed by atoms with E-state index in [-0.39, 0.29) is 4.90 Å². The van der Waals surface area contributed by atoms with Gasteiger partial charge in [0.05, 0.1) is 23.0 Å². The third kappa shape index (κ3) is 1.96. The van der Waals surface area contributed by atoms with Gasteiger partial charge in [-0.2, -0.15) is 0 Å². The van der Waals surface area contributed by atoms with Gasteiger partial charge in [0, 0.05) is 5.38 Å². The summed E-state index contributed by atoms with van der Waals surface area (Å²) in [5.74, 6) is 0. The van der Waals surface area contributed by atoms with Gasteiger partial charge in [-0.1, -0.05) is 0 Å². The number of primary sulfonamides is 1. The molecule has 1 aliphatic heterocycles. The summed E-state index contributed by atoms with van der Waals surface area (Å²) in [6, 6.07) is 1.48. The summed E-state index contributed by atoms with van der Waals surface area (Å²) in [6.45, 7) is 1.07. The van der Waals surface area contributed by atoms with Crippen molar-refractivity contribution >= 4 is 21.4 Å². The molecule has 1 saturated heterocycles. The lowest BCUT2D eigenvalue weighted by molar-refractivity contribution is -0.0414. The largest absolute Gasteiger partial charge is 0.345 e. The molecular formula is C7H9NO4S2. The van der Waals surface area contributed by atoms with Gasteiger partial charge in [0.2, 0.25) is 10.0 Å². The number of ether oxygens (including phenoxy) is 2. The second-order valence-electron chi connectivity index (χ2n) is 2.80. The highest BCUT2D eigenvalue weighted by Gasteiger charge is 2.22. The van der Waals surface area contributed by atoms with Crippen molar-refractivity contribution in [1.82, 2.24) is 0 Å². The van der Waals surface area contributed by atoms with E-state index in [1.54, 1.807) is 0 Å². The third-order valence-electron chi connectivity index (χ3n) is 1.78. The average Bonchev–Trinajstić information content (AvgIpc) is 2.73. The van der Waals surface area contributed by atoms with Gasteiger partial charge in [-0.15, -0.1) is 11.3 Å². The maximum absolute atomic E-state index is 11.0. The number of rotatable bonds is 2. The number of sulfonamides is 1. The molecular weight excluding hydrogens is 226 g/mol. The molecule has 0 amide bonds. The first-order chi connectivity index (χ1) is 6.57. The predicted molar refractivity (Wildman–Crippen MR) is 50.3 cm³/mol. The van der Waals surface area contributed by atoms with Crippen LogP contribution in [0.1, 0.15) is 11.2 Å². The lowest BCUT2D eigenvalue weighted by Gasteiger charge is -2.04. The molecule has 0 aromatic carbocycles. The quantitative estimate of drug-likeness (QED) is 0.806. The van der Waals surface area contributed by atoms with Gasteiger partial charge in [-0.05, 0) is 6.07 Å². The van der Waals surface area contributed by atoms with Crippen molar-refractivity contribution in [2.24, 2.45) is 5.14 Å². The summed E-state index contributed by atoms with van der Waals surface area (Å²) in [5.41, 5.74) is 0. The Labute approximate surface area is 85.5 Å². The molecule has 1 aromatic rings. The Morgan fingerprint density at radius 2 is 2.07 bits per heavy atom. The smallest absolute Gasteiger partial charge is 0.238 e. The van der Waals surface area contributed by atoms with E-state index >= 15 is 0 Å². The first-order valence-corrected chi connectivity index (χ1v) is 6.34. The highest BCUT2D eigenvalue weighted by Crippen LogP contribution is 2.29. The number of thiophene rings is 1. The molecule has 0 saturated carbocycles. The maximum Gasteiger partial charge on any atom is 0.238 e. The van der Waals surface area contributed by atoms with E-state index in [9.17, 15) is 8.42 Å². The molecule has 2 rings (SSSR count). The lowest BCUT2D eigenvalue weighted by Crippen LogP contribution is -2.10. The van der Waals surface area contributed by atoms with Crippen LogP contribution in [0.4, 0.5) is 0 Å². The van der Waals surface area contributed by atoms with Crippen LogP contribution in [-0.4, -0.2) is 21.6 Å². The summed E-state index contributed by atoms with van der Waals surface area (Å²) >= 11 is 1.26. The minimum Gasteiger partial charge on any atom is -0.345 e. The number of nitrogens with two attached hydrogens (primary N) is 1. The van der Waals surface area contributed by atoms with Crippen LogP contribution >= 0.6 is 11.3 Å². The summed E-state index contributed by atoms with van der Waals surface area (Å²) in [7, 11) is -3.61. The van der Waals surface area contributed by atoms with E-state index in [0.717, 1.165) is 4.88 Å². The molecule has 1 aromatic heterocycles. The molecule has 0 atom stereocenters. The Morgan fingerprint density at radius 3 is 2.57 bits per heavy atom. The zero-order valence-corrected chi connectivity index (χ0v) is 8.81. The van der Waals surface area contributed by atoms with E-state index in [4.69, 9.17) is 14.6 Å². The fraction of sp³-hybridized carbons (Fsp3) is 0.429. The summed E-state index contributed by atoms with van der Waals surface area (Å²) in [4.78, 5) is 0.836. The van der Waals surface area contributed by atoms with Gasteiger partial charge in [0.25, 0.3) is 0 Å². The Bertz CT molecular complexity index is 419. The molecule has 7 heteroatoms. The van der Waals surface area contributed by atoms with Crippen LogP contribution in [0.15, 0.2) is 16.3 Å². The Hall–Kier alpha value is -0.470. The second kappa shape index (κ2) is 3.59. The lowest BCUT2D eigenvalue weighted by atomic mass is 10.4. The maximum atomic E-state index is 11.0. The van der Waals surface area contributed by atoms with Crippen molar-refractivity contribution < 1.29 is 17.9 Å². The van der Waals surface area contributed by atoms with E-state index in [0.29, 0.717) is 13.2 Å². The normalized spacial score (nSPS) is 18.9. The van der Waals surface area contributed by atoms with Crippen molar-refractivity contribution in [2.75, 3.05) is 13.2 Å². The fourth-order valence-corrected chi connectivity index (χ4v) is 2.94. The van der Waals surface area contributed by atoms with Crippen molar-refractivity contribution in [1.29, 1.82) is 0 Å². The van der Waals surface area contributed by atoms with Crippen molar-refractivity contribution in [2.45, 2.75) is 11.2 Å². The first-order valence-electron chi connectivity index (χ1n) is 3.92. The van der Waals surface area contributed by atoms with E-state index in [1.165, 1.54) is 22.8 Å². The van der Waals surface area contributed by atoms with Crippen LogP contribution in [0.5, 0.6) is 0 Å². The molecule has 0 spiro atoms. The molecule has 78 valence electrons. The molecule has 1 fully saturated rings. The van der Waals surface area contributed by atoms with Crippen molar-refractivity contribution in [3.63, 3.8) is 0 Å². The molecule has 14 heavy (non-hydrogen) atoms. The van der Waals surface area contributed by atoms with Gasteiger partial charge >= 0.3 is 0 Å². The van der Waals surface area contributed by atoms with E-state index in [2.05, 4.69) is 0 Å². The minimum absolute atomic E-state index is 0.108. The summed E-state index contributed by atoms with van der Waals surface area (Å²) in [6.07, 6.45) is -0.435. The van der Waals surface area contributed by atoms with Crippen LogP contribution in [0, 0.1) is 0 Å². The average molecular weight is 235 g/mol. The van der Waals surface area contributed by atoms with Crippen molar-refractivity contribution in [3.8, 4) is 0 Å². The zero-order valence-electron chi connectivity index (χ0n) is 7.17. The molecule has 2 N–H and O–H groups in total. The van der Waals surface area contributed by atoms with Gasteiger partial charge in [0.15, 0.2) is 6.29 Å². The minimum atomic E-state index is -3.61. The topological polar surface area (TPSA) is 78.6 Å². The predicted octanol–water partition coefficient (Wildman–Crippen LogP) is 0.441. The van der Waals surface area contributed by atoms with E-state index in [1.807, 2.05) is 0 Å². The Kier molecular flexibility index (Phi) is 2.58. The molecule has 0 bridgehead atoms. The molecule has 1 aliphatic rings. The highest BCUT2D eigenvalue weighted by atomic mass is 32.2. The molecule has 0 radical (unpaired) electrons. The first kappa shape index (κ1) is 10.1. The highest BCUT2D eigenvalue weighted by molar-refractivity contribution is 7.89. The summed E-state index contributed by atoms with van der Waals surface area (Å²) in [5, 5.41) is 6.45. The van der Waals surface area contributed by atoms with Crippen LogP contribution in [-0.2, 0) is 19.5 Å². The van der Waals surface area contributed by atoms with E-state index < -0.39 is 16.3 Å². The van der Waals surface area contributed by atoms with Crippen LogP contribution in [0.3, 0.4) is 0 Å². The molecule has 5 nitrogen and oxygen atoms in total. The summed E-state index contributed by atoms with van der Waals surface area (Å²) < 4.78 is 32.4. The van der Waals surface area contributed by atoms with Crippen LogP contribution < -0.4 is 5.14 Å². The number of hydrogen-bond acceptors (Lipinski definition) is 5. The third-order valence-corrected chi connectivity index (χ3v) is 3.77. The SMILES string of the molecule is NS(=O)(=O)c1csc(C2OCCO2)c1.